The minimum absolute atomic E-state index is 0.0277. The van der Waals surface area contributed by atoms with Gasteiger partial charge in [0.15, 0.2) is 11.2 Å². The van der Waals surface area contributed by atoms with E-state index in [-0.39, 0.29) is 29.3 Å². The molecule has 2 N–H and O–H groups in total. The lowest BCUT2D eigenvalue weighted by Crippen LogP contribution is -2.39. The minimum atomic E-state index is -0.615. The highest BCUT2D eigenvalue weighted by atomic mass is 35.5. The number of nitrogens with zero attached hydrogens (tertiary/aromatic N) is 4. The van der Waals surface area contributed by atoms with E-state index in [1.807, 2.05) is 0 Å². The summed E-state index contributed by atoms with van der Waals surface area (Å²) in [6, 6.07) is 4.14. The van der Waals surface area contributed by atoms with Gasteiger partial charge in [-0.05, 0) is 24.1 Å². The third-order valence-corrected chi connectivity index (χ3v) is 4.61. The number of benzene rings is 1. The molecule has 0 atom stereocenters. The van der Waals surface area contributed by atoms with Crippen molar-refractivity contribution in [1.29, 1.82) is 0 Å². The molecule has 0 bridgehead atoms. The molecular formula is C17H19ClFN5O3. The number of aromatic nitrogens is 4. The lowest BCUT2D eigenvalue weighted by Gasteiger charge is -2.09. The van der Waals surface area contributed by atoms with Crippen molar-refractivity contribution in [3.63, 3.8) is 0 Å². The Morgan fingerprint density at radius 1 is 1.26 bits per heavy atom. The van der Waals surface area contributed by atoms with Gasteiger partial charge in [0.25, 0.3) is 5.56 Å². The molecule has 2 aromatic heterocycles. The van der Waals surface area contributed by atoms with Crippen LogP contribution < -0.4 is 16.6 Å². The van der Waals surface area contributed by atoms with E-state index in [1.165, 1.54) is 23.7 Å². The lowest BCUT2D eigenvalue weighted by atomic mass is 10.2. The van der Waals surface area contributed by atoms with Crippen molar-refractivity contribution in [3.8, 4) is 0 Å². The van der Waals surface area contributed by atoms with E-state index in [4.69, 9.17) is 16.7 Å². The molecule has 0 aliphatic heterocycles. The second kappa shape index (κ2) is 7.53. The van der Waals surface area contributed by atoms with Gasteiger partial charge in [-0.3, -0.25) is 13.9 Å². The van der Waals surface area contributed by atoms with Crippen LogP contribution in [0.5, 0.6) is 0 Å². The number of hydrogen-bond donors (Lipinski definition) is 2. The largest absolute Gasteiger partial charge is 0.396 e. The second-order valence-electron chi connectivity index (χ2n) is 6.15. The van der Waals surface area contributed by atoms with Gasteiger partial charge in [0, 0.05) is 27.2 Å². The van der Waals surface area contributed by atoms with E-state index in [9.17, 15) is 14.0 Å². The van der Waals surface area contributed by atoms with Gasteiger partial charge in [-0.2, -0.15) is 4.98 Å². The number of anilines is 1. The summed E-state index contributed by atoms with van der Waals surface area (Å²) in [5.41, 5.74) is -0.133. The Kier molecular flexibility index (Phi) is 5.33. The Balaban J connectivity index is 2.11. The van der Waals surface area contributed by atoms with Crippen molar-refractivity contribution in [3.05, 3.63) is 55.4 Å². The highest BCUT2D eigenvalue weighted by molar-refractivity contribution is 6.30. The molecule has 3 rings (SSSR count). The summed E-state index contributed by atoms with van der Waals surface area (Å²) >= 11 is 5.68. The Bertz CT molecular complexity index is 1120. The van der Waals surface area contributed by atoms with Gasteiger partial charge in [-0.25, -0.2) is 9.18 Å². The van der Waals surface area contributed by atoms with Crippen LogP contribution >= 0.6 is 11.6 Å². The van der Waals surface area contributed by atoms with Crippen LogP contribution in [0.4, 0.5) is 10.3 Å². The van der Waals surface area contributed by atoms with Gasteiger partial charge in [0.1, 0.15) is 5.82 Å². The van der Waals surface area contributed by atoms with Gasteiger partial charge < -0.3 is 15.0 Å². The molecule has 0 aliphatic rings. The number of halogens is 2. The molecular weight excluding hydrogens is 377 g/mol. The summed E-state index contributed by atoms with van der Waals surface area (Å²) in [6.45, 7) is 0.410. The van der Waals surface area contributed by atoms with Crippen molar-refractivity contribution in [1.82, 2.24) is 18.7 Å². The van der Waals surface area contributed by atoms with Crippen molar-refractivity contribution in [2.24, 2.45) is 14.1 Å². The van der Waals surface area contributed by atoms with E-state index < -0.39 is 17.1 Å². The molecule has 144 valence electrons. The van der Waals surface area contributed by atoms with E-state index in [0.29, 0.717) is 24.5 Å². The monoisotopic (exact) mass is 395 g/mol. The summed E-state index contributed by atoms with van der Waals surface area (Å²) in [4.78, 5) is 29.9. The van der Waals surface area contributed by atoms with Crippen molar-refractivity contribution in [2.75, 3.05) is 18.5 Å². The molecule has 0 fully saturated rings. The van der Waals surface area contributed by atoms with E-state index in [2.05, 4.69) is 10.3 Å². The van der Waals surface area contributed by atoms with Gasteiger partial charge in [0.2, 0.25) is 5.95 Å². The van der Waals surface area contributed by atoms with Crippen LogP contribution in [0.1, 0.15) is 12.0 Å². The minimum Gasteiger partial charge on any atom is -0.396 e. The number of hydrogen-bond acceptors (Lipinski definition) is 5. The van der Waals surface area contributed by atoms with Crippen LogP contribution in [-0.4, -0.2) is 36.9 Å². The van der Waals surface area contributed by atoms with Crippen molar-refractivity contribution < 1.29 is 9.50 Å². The third kappa shape index (κ3) is 3.47. The normalized spacial score (nSPS) is 11.3. The zero-order valence-electron chi connectivity index (χ0n) is 14.9. The predicted octanol–water partition coefficient (Wildman–Crippen LogP) is 1.07. The van der Waals surface area contributed by atoms with Crippen LogP contribution in [0.2, 0.25) is 5.02 Å². The molecule has 0 amide bonds. The Hall–Kier alpha value is -2.65. The molecule has 3 aromatic rings. The first-order valence-electron chi connectivity index (χ1n) is 8.30. The second-order valence-corrected chi connectivity index (χ2v) is 6.56. The van der Waals surface area contributed by atoms with Crippen LogP contribution in [0.25, 0.3) is 11.2 Å². The fourth-order valence-corrected chi connectivity index (χ4v) is 2.96. The molecule has 8 nitrogen and oxygen atoms in total. The van der Waals surface area contributed by atoms with E-state index in [1.54, 1.807) is 17.7 Å². The van der Waals surface area contributed by atoms with Gasteiger partial charge in [-0.1, -0.05) is 17.7 Å². The molecule has 0 unspecified atom stereocenters. The first-order chi connectivity index (χ1) is 12.8. The number of aryl methyl sites for hydroxylation is 2. The van der Waals surface area contributed by atoms with Crippen LogP contribution in [-0.2, 0) is 20.6 Å². The molecule has 0 saturated heterocycles. The maximum Gasteiger partial charge on any atom is 0.332 e. The molecule has 27 heavy (non-hydrogen) atoms. The van der Waals surface area contributed by atoms with Gasteiger partial charge in [-0.15, -0.1) is 0 Å². The summed E-state index contributed by atoms with van der Waals surface area (Å²) in [7, 11) is 3.18. The average molecular weight is 396 g/mol. The average Bonchev–Trinajstić information content (AvgIpc) is 2.97. The standard InChI is InChI=1S/C17H19ClFN5O3/c1-22-13-14(21-16(22)20-6-3-7-25)23(2)17(27)24(15(13)26)9-10-4-5-11(18)12(19)8-10/h4-5,8,25H,3,6-7,9H2,1-2H3,(H,20,21). The highest BCUT2D eigenvalue weighted by Gasteiger charge is 2.18. The van der Waals surface area contributed by atoms with E-state index in [0.717, 1.165) is 4.57 Å². The summed E-state index contributed by atoms with van der Waals surface area (Å²) < 4.78 is 17.6. The molecule has 2 heterocycles. The van der Waals surface area contributed by atoms with Crippen molar-refractivity contribution >= 4 is 28.7 Å². The zero-order chi connectivity index (χ0) is 19.7. The summed E-state index contributed by atoms with van der Waals surface area (Å²) in [5, 5.41) is 11.9. The number of nitrogens with one attached hydrogen (secondary N) is 1. The molecule has 10 heteroatoms. The smallest absolute Gasteiger partial charge is 0.332 e. The highest BCUT2D eigenvalue weighted by Crippen LogP contribution is 2.17. The lowest BCUT2D eigenvalue weighted by molar-refractivity contribution is 0.292. The molecule has 0 saturated carbocycles. The predicted molar refractivity (Wildman–Crippen MR) is 101 cm³/mol. The summed E-state index contributed by atoms with van der Waals surface area (Å²) in [6.07, 6.45) is 0.522. The van der Waals surface area contributed by atoms with Crippen molar-refractivity contribution in [2.45, 2.75) is 13.0 Å². The summed E-state index contributed by atoms with van der Waals surface area (Å²) in [5.74, 6) is -0.197. The topological polar surface area (TPSA) is 94.1 Å². The SMILES string of the molecule is Cn1c(NCCCO)nc2c1c(=O)n(Cc1ccc(Cl)c(F)c1)c(=O)n2C. The molecule has 0 aliphatic carbocycles. The van der Waals surface area contributed by atoms with Crippen LogP contribution in [0, 0.1) is 5.82 Å². The number of rotatable bonds is 6. The maximum atomic E-state index is 13.7. The van der Waals surface area contributed by atoms with E-state index >= 15 is 0 Å². The molecule has 0 spiro atoms. The number of aliphatic hydroxyl groups excluding tert-OH is 1. The third-order valence-electron chi connectivity index (χ3n) is 4.30. The zero-order valence-corrected chi connectivity index (χ0v) is 15.6. The number of fused-ring (bicyclic) bond motifs is 1. The first kappa shape index (κ1) is 19.1. The fourth-order valence-electron chi connectivity index (χ4n) is 2.84. The number of imidazole rings is 1. The molecule has 0 radical (unpaired) electrons. The van der Waals surface area contributed by atoms with Crippen LogP contribution in [0.15, 0.2) is 27.8 Å². The van der Waals surface area contributed by atoms with Gasteiger partial charge in [0.05, 0.1) is 11.6 Å². The first-order valence-corrected chi connectivity index (χ1v) is 8.68. The quantitative estimate of drug-likeness (QED) is 0.609. The Labute approximate surface area is 158 Å². The number of aliphatic hydroxyl groups is 1. The van der Waals surface area contributed by atoms with Crippen LogP contribution in [0.3, 0.4) is 0 Å². The maximum absolute atomic E-state index is 13.7. The fraction of sp³-hybridized carbons (Fsp3) is 0.353. The Morgan fingerprint density at radius 2 is 2.00 bits per heavy atom. The van der Waals surface area contributed by atoms with Gasteiger partial charge >= 0.3 is 5.69 Å². The Morgan fingerprint density at radius 3 is 2.67 bits per heavy atom. The molecule has 1 aromatic carbocycles.